The SMILES string of the molecule is CON1CCN(N(c2cc(I)ccc2C)S(=O)(=O)c2ccccc2)CC1. The van der Waals surface area contributed by atoms with Gasteiger partial charge in [-0.2, -0.15) is 17.9 Å². The number of anilines is 1. The van der Waals surface area contributed by atoms with Crippen LogP contribution in [-0.4, -0.2) is 51.8 Å². The topological polar surface area (TPSA) is 53.1 Å². The van der Waals surface area contributed by atoms with E-state index in [0.29, 0.717) is 31.9 Å². The summed E-state index contributed by atoms with van der Waals surface area (Å²) in [5, 5.41) is 3.72. The molecule has 0 atom stereocenters. The Morgan fingerprint density at radius 2 is 1.69 bits per heavy atom. The van der Waals surface area contributed by atoms with Crippen LogP contribution in [0.4, 0.5) is 5.69 Å². The quantitative estimate of drug-likeness (QED) is 0.608. The van der Waals surface area contributed by atoms with Gasteiger partial charge in [-0.15, -0.1) is 0 Å². The number of piperazine rings is 1. The Hall–Kier alpha value is -1.20. The van der Waals surface area contributed by atoms with E-state index in [-0.39, 0.29) is 4.90 Å². The molecule has 0 spiro atoms. The van der Waals surface area contributed by atoms with Gasteiger partial charge in [-0.1, -0.05) is 24.3 Å². The first kappa shape index (κ1) is 19.6. The van der Waals surface area contributed by atoms with E-state index in [9.17, 15) is 8.42 Å². The van der Waals surface area contributed by atoms with Gasteiger partial charge in [-0.05, 0) is 59.3 Å². The standard InChI is InChI=1S/C18H22IN3O3S/c1-15-8-9-16(19)14-18(15)22(20-10-12-21(25-2)13-11-20)26(23,24)17-6-4-3-5-7-17/h3-9,14H,10-13H2,1-2H3. The van der Waals surface area contributed by atoms with Crippen molar-refractivity contribution in [1.82, 2.24) is 10.1 Å². The summed E-state index contributed by atoms with van der Waals surface area (Å²) in [6.45, 7) is 4.33. The van der Waals surface area contributed by atoms with E-state index in [4.69, 9.17) is 4.84 Å². The minimum Gasteiger partial charge on any atom is -0.302 e. The summed E-state index contributed by atoms with van der Waals surface area (Å²) in [7, 11) is -2.08. The van der Waals surface area contributed by atoms with Crippen LogP contribution < -0.4 is 4.41 Å². The van der Waals surface area contributed by atoms with Crippen molar-refractivity contribution in [3.63, 3.8) is 0 Å². The highest BCUT2D eigenvalue weighted by atomic mass is 127. The molecular formula is C18H22IN3O3S. The van der Waals surface area contributed by atoms with Crippen LogP contribution in [0.2, 0.25) is 0 Å². The predicted molar refractivity (Wildman–Crippen MR) is 110 cm³/mol. The van der Waals surface area contributed by atoms with E-state index >= 15 is 0 Å². The van der Waals surface area contributed by atoms with E-state index in [0.717, 1.165) is 9.13 Å². The molecule has 26 heavy (non-hydrogen) atoms. The van der Waals surface area contributed by atoms with Crippen LogP contribution in [0.3, 0.4) is 0 Å². The van der Waals surface area contributed by atoms with Crippen molar-refractivity contribution in [3.8, 4) is 0 Å². The normalized spacial score (nSPS) is 16.6. The predicted octanol–water partition coefficient (Wildman–Crippen LogP) is 2.89. The molecular weight excluding hydrogens is 465 g/mol. The molecule has 0 amide bonds. The molecule has 0 aromatic heterocycles. The van der Waals surface area contributed by atoms with Crippen LogP contribution in [0.1, 0.15) is 5.56 Å². The van der Waals surface area contributed by atoms with Crippen LogP contribution in [0.5, 0.6) is 0 Å². The third kappa shape index (κ3) is 4.04. The van der Waals surface area contributed by atoms with Crippen molar-refractivity contribution >= 4 is 38.3 Å². The summed E-state index contributed by atoms with van der Waals surface area (Å²) in [6, 6.07) is 14.4. The minimum absolute atomic E-state index is 0.285. The highest BCUT2D eigenvalue weighted by Gasteiger charge is 2.33. The first-order valence-corrected chi connectivity index (χ1v) is 10.9. The number of nitrogens with zero attached hydrogens (tertiary/aromatic N) is 3. The second kappa shape index (κ2) is 8.22. The fourth-order valence-electron chi connectivity index (χ4n) is 2.96. The van der Waals surface area contributed by atoms with E-state index < -0.39 is 10.0 Å². The summed E-state index contributed by atoms with van der Waals surface area (Å²) < 4.78 is 29.4. The van der Waals surface area contributed by atoms with Gasteiger partial charge < -0.3 is 4.84 Å². The Morgan fingerprint density at radius 3 is 2.31 bits per heavy atom. The van der Waals surface area contributed by atoms with Gasteiger partial charge in [0.2, 0.25) is 0 Å². The number of benzene rings is 2. The molecule has 140 valence electrons. The number of hydrogen-bond donors (Lipinski definition) is 0. The summed E-state index contributed by atoms with van der Waals surface area (Å²) in [5.41, 5.74) is 1.60. The fourth-order valence-corrected chi connectivity index (χ4v) is 5.06. The lowest BCUT2D eigenvalue weighted by Gasteiger charge is -2.41. The lowest BCUT2D eigenvalue weighted by Crippen LogP contribution is -2.55. The van der Waals surface area contributed by atoms with Crippen molar-refractivity contribution in [3.05, 3.63) is 57.7 Å². The van der Waals surface area contributed by atoms with Crippen molar-refractivity contribution in [2.45, 2.75) is 11.8 Å². The van der Waals surface area contributed by atoms with Crippen LogP contribution in [0.15, 0.2) is 53.4 Å². The monoisotopic (exact) mass is 487 g/mol. The van der Waals surface area contributed by atoms with Gasteiger partial charge in [-0.25, -0.2) is 5.01 Å². The van der Waals surface area contributed by atoms with E-state index in [1.807, 2.05) is 41.3 Å². The lowest BCUT2D eigenvalue weighted by atomic mass is 10.2. The van der Waals surface area contributed by atoms with Crippen LogP contribution in [0, 0.1) is 10.5 Å². The smallest absolute Gasteiger partial charge is 0.277 e. The van der Waals surface area contributed by atoms with Gasteiger partial charge in [-0.3, -0.25) is 0 Å². The summed E-state index contributed by atoms with van der Waals surface area (Å²) in [6.07, 6.45) is 0. The largest absolute Gasteiger partial charge is 0.302 e. The zero-order chi connectivity index (χ0) is 18.7. The van der Waals surface area contributed by atoms with Crippen molar-refractivity contribution in [2.24, 2.45) is 0 Å². The number of hydrazine groups is 1. The molecule has 2 aromatic rings. The molecule has 0 radical (unpaired) electrons. The molecule has 8 heteroatoms. The van der Waals surface area contributed by atoms with Gasteiger partial charge in [0.15, 0.2) is 0 Å². The molecule has 1 saturated heterocycles. The Morgan fingerprint density at radius 1 is 1.04 bits per heavy atom. The molecule has 1 heterocycles. The number of halogens is 1. The number of hydroxylamine groups is 2. The molecule has 1 aliphatic heterocycles. The van der Waals surface area contributed by atoms with Gasteiger partial charge in [0.1, 0.15) is 0 Å². The molecule has 6 nitrogen and oxygen atoms in total. The van der Waals surface area contributed by atoms with E-state index in [2.05, 4.69) is 22.6 Å². The first-order valence-electron chi connectivity index (χ1n) is 8.34. The number of hydrogen-bond acceptors (Lipinski definition) is 5. The van der Waals surface area contributed by atoms with Gasteiger partial charge in [0.05, 0.1) is 17.7 Å². The number of sulfonamides is 1. The van der Waals surface area contributed by atoms with Gasteiger partial charge in [0, 0.05) is 29.7 Å². The summed E-state index contributed by atoms with van der Waals surface area (Å²) in [5.74, 6) is 0. The molecule has 0 saturated carbocycles. The first-order chi connectivity index (χ1) is 12.4. The maximum atomic E-state index is 13.5. The third-order valence-electron chi connectivity index (χ3n) is 4.38. The Balaban J connectivity index is 2.07. The van der Waals surface area contributed by atoms with Crippen molar-refractivity contribution in [2.75, 3.05) is 37.7 Å². The molecule has 0 N–H and O–H groups in total. The number of rotatable bonds is 5. The molecule has 0 aliphatic carbocycles. The maximum absolute atomic E-state index is 13.5. The van der Waals surface area contributed by atoms with Gasteiger partial charge in [0.25, 0.3) is 10.0 Å². The third-order valence-corrected chi connectivity index (χ3v) is 6.80. The zero-order valence-corrected chi connectivity index (χ0v) is 17.8. The van der Waals surface area contributed by atoms with Crippen molar-refractivity contribution < 1.29 is 13.3 Å². The molecule has 0 unspecified atom stereocenters. The zero-order valence-electron chi connectivity index (χ0n) is 14.8. The molecule has 2 aromatic carbocycles. The Labute approximate surface area is 168 Å². The Kier molecular flexibility index (Phi) is 6.18. The van der Waals surface area contributed by atoms with Gasteiger partial charge >= 0.3 is 0 Å². The summed E-state index contributed by atoms with van der Waals surface area (Å²) in [4.78, 5) is 5.56. The molecule has 3 rings (SSSR count). The molecule has 1 fully saturated rings. The number of aryl methyl sites for hydroxylation is 1. The summed E-state index contributed by atoms with van der Waals surface area (Å²) >= 11 is 2.21. The van der Waals surface area contributed by atoms with Crippen LogP contribution >= 0.6 is 22.6 Å². The van der Waals surface area contributed by atoms with E-state index in [1.165, 1.54) is 4.41 Å². The van der Waals surface area contributed by atoms with E-state index in [1.54, 1.807) is 31.4 Å². The fraction of sp³-hybridized carbons (Fsp3) is 0.333. The van der Waals surface area contributed by atoms with Crippen molar-refractivity contribution in [1.29, 1.82) is 0 Å². The Bertz CT molecular complexity index is 853. The second-order valence-electron chi connectivity index (χ2n) is 6.06. The highest BCUT2D eigenvalue weighted by molar-refractivity contribution is 14.1. The lowest BCUT2D eigenvalue weighted by molar-refractivity contribution is -0.151. The minimum atomic E-state index is -3.72. The maximum Gasteiger partial charge on any atom is 0.277 e. The second-order valence-corrected chi connectivity index (χ2v) is 9.07. The van der Waals surface area contributed by atoms with Crippen LogP contribution in [0.25, 0.3) is 0 Å². The molecule has 0 bridgehead atoms. The highest BCUT2D eigenvalue weighted by Crippen LogP contribution is 2.30. The van der Waals surface area contributed by atoms with Crippen LogP contribution in [-0.2, 0) is 14.9 Å². The molecule has 1 aliphatic rings. The average molecular weight is 487 g/mol. The average Bonchev–Trinajstić information content (AvgIpc) is 2.66.